The molecule has 0 radical (unpaired) electrons. The van der Waals surface area contributed by atoms with E-state index < -0.39 is 0 Å². The number of nitrogens with one attached hydrogen (secondary N) is 1. The Morgan fingerprint density at radius 1 is 1.19 bits per heavy atom. The molecule has 0 atom stereocenters. The Morgan fingerprint density at radius 2 is 1.86 bits per heavy atom. The molecule has 2 rings (SSSR count). The van der Waals surface area contributed by atoms with E-state index in [1.165, 1.54) is 4.90 Å². The van der Waals surface area contributed by atoms with Crippen molar-refractivity contribution in [3.63, 3.8) is 0 Å². The van der Waals surface area contributed by atoms with E-state index in [0.717, 1.165) is 33.1 Å². The smallest absolute Gasteiger partial charge is 0.161 e. The van der Waals surface area contributed by atoms with Crippen LogP contribution >= 0.6 is 27.7 Å². The van der Waals surface area contributed by atoms with Gasteiger partial charge < -0.3 is 5.32 Å². The maximum atomic E-state index is 4.72. The number of thioether (sulfide) groups is 1. The van der Waals surface area contributed by atoms with Gasteiger partial charge in [-0.3, -0.25) is 0 Å². The minimum absolute atomic E-state index is 0.336. The summed E-state index contributed by atoms with van der Waals surface area (Å²) in [6, 6.07) is 8.43. The molecule has 5 heteroatoms. The zero-order valence-corrected chi connectivity index (χ0v) is 15.2. The summed E-state index contributed by atoms with van der Waals surface area (Å²) in [5.74, 6) is 3.01. The Kier molecular flexibility index (Phi) is 5.65. The third-order valence-electron chi connectivity index (χ3n) is 3.08. The standard InChI is InChI=1S/C16H20BrN3S/c1-5-21-12-8-6-11(7-9-12)15-19-14(10(2)3)13(17)16(18-4)20-15/h6-10H,5H2,1-4H3,(H,18,19,20). The molecule has 2 aromatic rings. The van der Waals surface area contributed by atoms with Gasteiger partial charge in [-0.2, -0.15) is 0 Å². The summed E-state index contributed by atoms with van der Waals surface area (Å²) < 4.78 is 0.946. The lowest BCUT2D eigenvalue weighted by atomic mass is 10.1. The summed E-state index contributed by atoms with van der Waals surface area (Å²) >= 11 is 5.43. The fourth-order valence-electron chi connectivity index (χ4n) is 2.01. The first-order valence-electron chi connectivity index (χ1n) is 7.05. The normalized spacial score (nSPS) is 11.0. The van der Waals surface area contributed by atoms with Gasteiger partial charge in [-0.15, -0.1) is 11.8 Å². The van der Waals surface area contributed by atoms with Crippen molar-refractivity contribution in [2.24, 2.45) is 0 Å². The second kappa shape index (κ2) is 7.27. The Balaban J connectivity index is 2.45. The molecule has 1 aromatic carbocycles. The largest absolute Gasteiger partial charge is 0.372 e. The Morgan fingerprint density at radius 3 is 2.38 bits per heavy atom. The predicted octanol–water partition coefficient (Wildman–Crippen LogP) is 5.18. The maximum absolute atomic E-state index is 4.72. The molecule has 0 unspecified atom stereocenters. The predicted molar refractivity (Wildman–Crippen MR) is 95.2 cm³/mol. The highest BCUT2D eigenvalue weighted by atomic mass is 79.9. The molecule has 1 aromatic heterocycles. The van der Waals surface area contributed by atoms with Crippen molar-refractivity contribution >= 4 is 33.5 Å². The second-order valence-electron chi connectivity index (χ2n) is 4.96. The number of rotatable bonds is 5. The molecule has 0 spiro atoms. The number of aromatic nitrogens is 2. The van der Waals surface area contributed by atoms with Crippen LogP contribution in [-0.2, 0) is 0 Å². The van der Waals surface area contributed by atoms with E-state index in [0.29, 0.717) is 5.92 Å². The highest BCUT2D eigenvalue weighted by molar-refractivity contribution is 9.10. The zero-order chi connectivity index (χ0) is 15.4. The van der Waals surface area contributed by atoms with Crippen molar-refractivity contribution in [1.29, 1.82) is 0 Å². The molecular formula is C16H20BrN3S. The number of anilines is 1. The summed E-state index contributed by atoms with van der Waals surface area (Å²) in [7, 11) is 1.88. The van der Waals surface area contributed by atoms with Crippen LogP contribution in [0.5, 0.6) is 0 Å². The van der Waals surface area contributed by atoms with E-state index in [9.17, 15) is 0 Å². The number of benzene rings is 1. The third-order valence-corrected chi connectivity index (χ3v) is 4.76. The van der Waals surface area contributed by atoms with Gasteiger partial charge in [-0.05, 0) is 39.7 Å². The van der Waals surface area contributed by atoms with Crippen LogP contribution in [0.3, 0.4) is 0 Å². The molecule has 0 saturated heterocycles. The monoisotopic (exact) mass is 365 g/mol. The van der Waals surface area contributed by atoms with Crippen LogP contribution in [0.25, 0.3) is 11.4 Å². The van der Waals surface area contributed by atoms with Crippen LogP contribution in [0.2, 0.25) is 0 Å². The second-order valence-corrected chi connectivity index (χ2v) is 7.09. The minimum atomic E-state index is 0.336. The van der Waals surface area contributed by atoms with Gasteiger partial charge in [0.25, 0.3) is 0 Å². The molecule has 0 aliphatic heterocycles. The van der Waals surface area contributed by atoms with Crippen molar-refractivity contribution in [2.45, 2.75) is 31.6 Å². The molecule has 0 fully saturated rings. The molecule has 112 valence electrons. The summed E-state index contributed by atoms with van der Waals surface area (Å²) in [4.78, 5) is 10.6. The van der Waals surface area contributed by atoms with Crippen molar-refractivity contribution in [1.82, 2.24) is 9.97 Å². The van der Waals surface area contributed by atoms with E-state index in [1.807, 2.05) is 18.8 Å². The third kappa shape index (κ3) is 3.77. The zero-order valence-electron chi connectivity index (χ0n) is 12.8. The Hall–Kier alpha value is -1.07. The summed E-state index contributed by atoms with van der Waals surface area (Å²) in [5.41, 5.74) is 2.07. The fraction of sp³-hybridized carbons (Fsp3) is 0.375. The van der Waals surface area contributed by atoms with Gasteiger partial charge >= 0.3 is 0 Å². The topological polar surface area (TPSA) is 37.8 Å². The molecule has 3 nitrogen and oxygen atoms in total. The lowest BCUT2D eigenvalue weighted by Crippen LogP contribution is -2.04. The summed E-state index contributed by atoms with van der Waals surface area (Å²) in [5, 5.41) is 3.13. The first kappa shape index (κ1) is 16.3. The summed E-state index contributed by atoms with van der Waals surface area (Å²) in [6.07, 6.45) is 0. The number of hydrogen-bond donors (Lipinski definition) is 1. The van der Waals surface area contributed by atoms with Crippen molar-refractivity contribution in [2.75, 3.05) is 18.1 Å². The first-order valence-corrected chi connectivity index (χ1v) is 8.83. The van der Waals surface area contributed by atoms with Gasteiger partial charge in [-0.25, -0.2) is 9.97 Å². The molecule has 0 saturated carbocycles. The highest BCUT2D eigenvalue weighted by Crippen LogP contribution is 2.31. The van der Waals surface area contributed by atoms with Gasteiger partial charge in [0, 0.05) is 17.5 Å². The van der Waals surface area contributed by atoms with Crippen LogP contribution in [0.1, 0.15) is 32.4 Å². The first-order chi connectivity index (χ1) is 10.1. The number of nitrogens with zero attached hydrogens (tertiary/aromatic N) is 2. The van der Waals surface area contributed by atoms with Crippen molar-refractivity contribution < 1.29 is 0 Å². The van der Waals surface area contributed by atoms with Crippen LogP contribution in [0.15, 0.2) is 33.6 Å². The van der Waals surface area contributed by atoms with E-state index in [1.54, 1.807) is 0 Å². The molecule has 21 heavy (non-hydrogen) atoms. The SMILES string of the molecule is CCSc1ccc(-c2nc(NC)c(Br)c(C(C)C)n2)cc1. The van der Waals surface area contributed by atoms with Gasteiger partial charge in [0.05, 0.1) is 10.2 Å². The Labute approximate surface area is 139 Å². The minimum Gasteiger partial charge on any atom is -0.372 e. The fourth-order valence-corrected chi connectivity index (χ4v) is 3.50. The lowest BCUT2D eigenvalue weighted by molar-refractivity contribution is 0.810. The molecule has 0 bridgehead atoms. The van der Waals surface area contributed by atoms with E-state index in [2.05, 4.69) is 71.3 Å². The van der Waals surface area contributed by atoms with Crippen LogP contribution in [-0.4, -0.2) is 22.8 Å². The molecule has 1 heterocycles. The lowest BCUT2D eigenvalue weighted by Gasteiger charge is -2.13. The van der Waals surface area contributed by atoms with Crippen LogP contribution in [0.4, 0.5) is 5.82 Å². The number of halogens is 1. The molecule has 0 aliphatic carbocycles. The van der Waals surface area contributed by atoms with E-state index >= 15 is 0 Å². The van der Waals surface area contributed by atoms with Crippen molar-refractivity contribution in [3.8, 4) is 11.4 Å². The summed E-state index contributed by atoms with van der Waals surface area (Å²) in [6.45, 7) is 6.43. The number of hydrogen-bond acceptors (Lipinski definition) is 4. The molecule has 0 amide bonds. The Bertz CT molecular complexity index is 612. The van der Waals surface area contributed by atoms with Crippen molar-refractivity contribution in [3.05, 3.63) is 34.4 Å². The van der Waals surface area contributed by atoms with Gasteiger partial charge in [0.15, 0.2) is 5.82 Å². The van der Waals surface area contributed by atoms with Gasteiger partial charge in [-0.1, -0.05) is 32.9 Å². The molecule has 0 aliphatic rings. The van der Waals surface area contributed by atoms with Crippen LogP contribution < -0.4 is 5.32 Å². The van der Waals surface area contributed by atoms with Gasteiger partial charge in [0.2, 0.25) is 0 Å². The molecular weight excluding hydrogens is 346 g/mol. The quantitative estimate of drug-likeness (QED) is 0.740. The maximum Gasteiger partial charge on any atom is 0.161 e. The highest BCUT2D eigenvalue weighted by Gasteiger charge is 2.15. The van der Waals surface area contributed by atoms with E-state index in [-0.39, 0.29) is 0 Å². The van der Waals surface area contributed by atoms with Gasteiger partial charge in [0.1, 0.15) is 5.82 Å². The molecule has 1 N–H and O–H groups in total. The van der Waals surface area contributed by atoms with E-state index in [4.69, 9.17) is 4.98 Å². The average molecular weight is 366 g/mol. The average Bonchev–Trinajstić information content (AvgIpc) is 2.48. The van der Waals surface area contributed by atoms with Crippen LogP contribution in [0, 0.1) is 0 Å².